The fourth-order valence-electron chi connectivity index (χ4n) is 1.17. The van der Waals surface area contributed by atoms with E-state index in [1.54, 1.807) is 31.2 Å². The van der Waals surface area contributed by atoms with Gasteiger partial charge < -0.3 is 9.84 Å². The molecule has 1 rings (SSSR count). The van der Waals surface area contributed by atoms with Gasteiger partial charge in [-0.25, -0.2) is 4.79 Å². The average Bonchev–Trinajstić information content (AvgIpc) is 2.37. The van der Waals surface area contributed by atoms with E-state index in [2.05, 4.69) is 10.2 Å². The molecule has 0 saturated carbocycles. The maximum Gasteiger partial charge on any atom is 0.338 e. The summed E-state index contributed by atoms with van der Waals surface area (Å²) in [6.07, 6.45) is 0. The Morgan fingerprint density at radius 2 is 1.80 bits per heavy atom. The van der Waals surface area contributed by atoms with Crippen molar-refractivity contribution in [2.75, 3.05) is 13.2 Å². The van der Waals surface area contributed by atoms with Gasteiger partial charge in [-0.2, -0.15) is 10.2 Å². The van der Waals surface area contributed by atoms with E-state index in [9.17, 15) is 9.90 Å². The van der Waals surface area contributed by atoms with Crippen molar-refractivity contribution >= 4 is 5.97 Å². The van der Waals surface area contributed by atoms with Crippen LogP contribution in [0.4, 0.5) is 0 Å². The fourth-order valence-corrected chi connectivity index (χ4v) is 1.17. The Labute approximate surface area is 119 Å². The first-order valence-corrected chi connectivity index (χ1v) is 6.57. The molecule has 110 valence electrons. The lowest BCUT2D eigenvalue weighted by molar-refractivity contribution is -0.0400. The molecule has 1 atom stereocenters. The van der Waals surface area contributed by atoms with Gasteiger partial charge in [-0.3, -0.25) is 0 Å². The highest BCUT2D eigenvalue weighted by atomic mass is 16.5. The first-order chi connectivity index (χ1) is 9.24. The maximum absolute atomic E-state index is 11.6. The van der Waals surface area contributed by atoms with E-state index in [0.717, 1.165) is 0 Å². The molecule has 0 aliphatic heterocycles. The van der Waals surface area contributed by atoms with Crippen LogP contribution in [-0.4, -0.2) is 30.0 Å². The molecule has 0 radical (unpaired) electrons. The molecular formula is C15H22N2O3. The van der Waals surface area contributed by atoms with Gasteiger partial charge in [0.15, 0.2) is 5.72 Å². The number of aliphatic hydroxyl groups is 1. The van der Waals surface area contributed by atoms with Crippen LogP contribution >= 0.6 is 0 Å². The maximum atomic E-state index is 11.6. The van der Waals surface area contributed by atoms with E-state index in [0.29, 0.717) is 5.56 Å². The Bertz CT molecular complexity index is 462. The summed E-state index contributed by atoms with van der Waals surface area (Å²) in [5.74, 6) is -0.386. The van der Waals surface area contributed by atoms with E-state index in [4.69, 9.17) is 4.74 Å². The molecule has 0 saturated heterocycles. The molecule has 1 aromatic carbocycles. The van der Waals surface area contributed by atoms with Gasteiger partial charge in [-0.05, 0) is 19.1 Å². The van der Waals surface area contributed by atoms with Crippen molar-refractivity contribution in [3.8, 4) is 0 Å². The number of carbonyl (C=O) groups excluding carboxylic acids is 1. The largest absolute Gasteiger partial charge is 0.460 e. The number of rotatable bonds is 5. The predicted octanol–water partition coefficient (Wildman–Crippen LogP) is 3.05. The van der Waals surface area contributed by atoms with Crippen molar-refractivity contribution in [3.05, 3.63) is 35.9 Å². The summed E-state index contributed by atoms with van der Waals surface area (Å²) in [5, 5.41) is 17.8. The summed E-state index contributed by atoms with van der Waals surface area (Å²) in [4.78, 5) is 11.6. The van der Waals surface area contributed by atoms with E-state index in [-0.39, 0.29) is 19.1 Å². The van der Waals surface area contributed by atoms with Crippen molar-refractivity contribution in [2.24, 2.45) is 15.6 Å². The van der Waals surface area contributed by atoms with Crippen LogP contribution in [0, 0.1) is 5.41 Å². The van der Waals surface area contributed by atoms with Crippen molar-refractivity contribution in [2.45, 2.75) is 33.4 Å². The highest BCUT2D eigenvalue weighted by molar-refractivity contribution is 5.89. The van der Waals surface area contributed by atoms with Crippen molar-refractivity contribution in [1.29, 1.82) is 0 Å². The Morgan fingerprint density at radius 1 is 1.20 bits per heavy atom. The fraction of sp³-hybridized carbons (Fsp3) is 0.533. The molecule has 0 aliphatic carbocycles. The van der Waals surface area contributed by atoms with E-state index >= 15 is 0 Å². The molecule has 5 nitrogen and oxygen atoms in total. The lowest BCUT2D eigenvalue weighted by Crippen LogP contribution is -2.37. The third kappa shape index (κ3) is 4.74. The number of benzene rings is 1. The molecule has 1 unspecified atom stereocenters. The molecule has 5 heteroatoms. The van der Waals surface area contributed by atoms with Crippen LogP contribution in [0.1, 0.15) is 38.1 Å². The molecule has 0 fully saturated rings. The average molecular weight is 278 g/mol. The normalized spacial score (nSPS) is 15.1. The first kappa shape index (κ1) is 16.3. The monoisotopic (exact) mass is 278 g/mol. The highest BCUT2D eigenvalue weighted by Crippen LogP contribution is 2.31. The van der Waals surface area contributed by atoms with Gasteiger partial charge >= 0.3 is 5.97 Å². The van der Waals surface area contributed by atoms with Crippen LogP contribution in [0.2, 0.25) is 0 Å². The zero-order chi connectivity index (χ0) is 15.2. The van der Waals surface area contributed by atoms with Gasteiger partial charge in [0, 0.05) is 5.41 Å². The first-order valence-electron chi connectivity index (χ1n) is 6.57. The molecule has 1 aromatic rings. The number of azo groups is 1. The van der Waals surface area contributed by atoms with Crippen LogP contribution in [0.15, 0.2) is 40.6 Å². The minimum atomic E-state index is -1.24. The second-order valence-electron chi connectivity index (χ2n) is 5.74. The van der Waals surface area contributed by atoms with Gasteiger partial charge in [0.05, 0.1) is 12.1 Å². The third-order valence-corrected chi connectivity index (χ3v) is 3.12. The van der Waals surface area contributed by atoms with E-state index in [1.165, 1.54) is 0 Å². The van der Waals surface area contributed by atoms with Crippen LogP contribution in [-0.2, 0) is 4.74 Å². The molecule has 0 spiro atoms. The smallest absolute Gasteiger partial charge is 0.338 e. The quantitative estimate of drug-likeness (QED) is 0.511. The Balaban J connectivity index is 2.38. The van der Waals surface area contributed by atoms with Gasteiger partial charge in [0.25, 0.3) is 0 Å². The molecule has 1 N–H and O–H groups in total. The second-order valence-corrected chi connectivity index (χ2v) is 5.74. The third-order valence-electron chi connectivity index (χ3n) is 3.12. The summed E-state index contributed by atoms with van der Waals surface area (Å²) in [6.45, 7) is 7.60. The number of esters is 1. The zero-order valence-electron chi connectivity index (χ0n) is 12.5. The van der Waals surface area contributed by atoms with Crippen molar-refractivity contribution in [1.82, 2.24) is 0 Å². The molecule has 0 aromatic heterocycles. The lowest BCUT2D eigenvalue weighted by Gasteiger charge is -2.31. The van der Waals surface area contributed by atoms with Crippen LogP contribution in [0.25, 0.3) is 0 Å². The molecule has 0 heterocycles. The van der Waals surface area contributed by atoms with Gasteiger partial charge in [-0.15, -0.1) is 0 Å². The minimum absolute atomic E-state index is 0.136. The van der Waals surface area contributed by atoms with Crippen LogP contribution in [0.3, 0.4) is 0 Å². The number of carbonyl (C=O) groups is 1. The number of nitrogens with zero attached hydrogens (tertiary/aromatic N) is 2. The van der Waals surface area contributed by atoms with Gasteiger partial charge in [0.1, 0.15) is 6.61 Å². The minimum Gasteiger partial charge on any atom is -0.460 e. The molecule has 0 amide bonds. The SMILES string of the molecule is CC(C)(C)C(C)(O)/N=N/CCOC(=O)c1ccccc1. The number of ether oxygens (including phenoxy) is 1. The molecule has 0 aliphatic rings. The van der Waals surface area contributed by atoms with Crippen LogP contribution < -0.4 is 0 Å². The molecule has 0 bridgehead atoms. The van der Waals surface area contributed by atoms with Crippen molar-refractivity contribution in [3.63, 3.8) is 0 Å². The zero-order valence-corrected chi connectivity index (χ0v) is 12.5. The summed E-state index contributed by atoms with van der Waals surface area (Å²) in [7, 11) is 0. The summed E-state index contributed by atoms with van der Waals surface area (Å²) < 4.78 is 5.05. The molecular weight excluding hydrogens is 256 g/mol. The summed E-state index contributed by atoms with van der Waals surface area (Å²) >= 11 is 0. The Morgan fingerprint density at radius 3 is 2.35 bits per heavy atom. The molecule has 20 heavy (non-hydrogen) atoms. The Hall–Kier alpha value is -1.75. The Kier molecular flexibility index (Phi) is 5.39. The van der Waals surface area contributed by atoms with Crippen LogP contribution in [0.5, 0.6) is 0 Å². The van der Waals surface area contributed by atoms with E-state index in [1.807, 2.05) is 26.8 Å². The summed E-state index contributed by atoms with van der Waals surface area (Å²) in [6, 6.07) is 8.76. The van der Waals surface area contributed by atoms with Gasteiger partial charge in [0.2, 0.25) is 0 Å². The van der Waals surface area contributed by atoms with Crippen molar-refractivity contribution < 1.29 is 14.6 Å². The lowest BCUT2D eigenvalue weighted by atomic mass is 9.85. The second kappa shape index (κ2) is 6.61. The summed E-state index contributed by atoms with van der Waals surface area (Å²) in [5.41, 5.74) is -1.14. The predicted molar refractivity (Wildman–Crippen MR) is 76.5 cm³/mol. The topological polar surface area (TPSA) is 71.2 Å². The standard InChI is InChI=1S/C15H22N2O3/c1-14(2,3)15(4,19)17-16-10-11-20-13(18)12-8-6-5-7-9-12/h5-9,19H,10-11H2,1-4H3/b17-16+. The number of hydrogen-bond donors (Lipinski definition) is 1. The number of hydrogen-bond acceptors (Lipinski definition) is 5. The van der Waals surface area contributed by atoms with E-state index < -0.39 is 11.1 Å². The highest BCUT2D eigenvalue weighted by Gasteiger charge is 2.35. The van der Waals surface area contributed by atoms with Gasteiger partial charge in [-0.1, -0.05) is 39.0 Å².